The highest BCUT2D eigenvalue weighted by atomic mass is 31.4. The van der Waals surface area contributed by atoms with Crippen molar-refractivity contribution in [1.82, 2.24) is 0 Å². The van der Waals surface area contributed by atoms with Crippen LogP contribution < -0.4 is 10.6 Å². The molecule has 112 valence electrons. The van der Waals surface area contributed by atoms with Crippen LogP contribution in [0.15, 0.2) is 60.7 Å². The molecule has 0 N–H and O–H groups in total. The van der Waals surface area contributed by atoms with Gasteiger partial charge in [0, 0.05) is 20.7 Å². The summed E-state index contributed by atoms with van der Waals surface area (Å²) in [5.74, 6) is 0. The van der Waals surface area contributed by atoms with Crippen LogP contribution in [0.4, 0.5) is 0 Å². The largest absolute Gasteiger partial charge is 0.391 e. The van der Waals surface area contributed by atoms with Crippen LogP contribution in [-0.2, 0) is 8.85 Å². The first-order valence-corrected chi connectivity index (χ1v) is 11.9. The Morgan fingerprint density at radius 3 is 1.48 bits per heavy atom. The van der Waals surface area contributed by atoms with E-state index in [2.05, 4.69) is 67.2 Å². The molecule has 0 aromatic heterocycles. The average Bonchev–Trinajstić information content (AvgIpc) is 2.50. The van der Waals surface area contributed by atoms with E-state index in [-0.39, 0.29) is 0 Å². The maximum atomic E-state index is 6.19. The van der Waals surface area contributed by atoms with Crippen LogP contribution in [0.2, 0.25) is 6.55 Å². The molecule has 21 heavy (non-hydrogen) atoms. The van der Waals surface area contributed by atoms with Gasteiger partial charge in [-0.3, -0.25) is 0 Å². The van der Waals surface area contributed by atoms with Crippen molar-refractivity contribution in [1.29, 1.82) is 0 Å². The summed E-state index contributed by atoms with van der Waals surface area (Å²) in [5, 5.41) is 2.66. The van der Waals surface area contributed by atoms with Gasteiger partial charge in [0.1, 0.15) is 0 Å². The highest BCUT2D eigenvalue weighted by Gasteiger charge is 2.42. The number of rotatable bonds is 7. The molecule has 0 aliphatic rings. The summed E-state index contributed by atoms with van der Waals surface area (Å²) in [5.41, 5.74) is 0. The fourth-order valence-electron chi connectivity index (χ4n) is 2.48. The molecule has 0 aliphatic carbocycles. The second kappa shape index (κ2) is 7.86. The first kappa shape index (κ1) is 16.4. The summed E-state index contributed by atoms with van der Waals surface area (Å²) in [6.45, 7) is 7.69. The Bertz CT molecular complexity index is 488. The van der Waals surface area contributed by atoms with Gasteiger partial charge < -0.3 is 8.85 Å². The van der Waals surface area contributed by atoms with Crippen molar-refractivity contribution in [2.75, 3.05) is 13.2 Å². The predicted octanol–water partition coefficient (Wildman–Crippen LogP) is 3.76. The zero-order valence-corrected chi connectivity index (χ0v) is 14.8. The predicted molar refractivity (Wildman–Crippen MR) is 93.9 cm³/mol. The molecule has 2 aromatic carbocycles. The highest BCUT2D eigenvalue weighted by molar-refractivity contribution is 8.02. The van der Waals surface area contributed by atoms with Crippen molar-refractivity contribution in [3.8, 4) is 0 Å². The molecule has 0 amide bonds. The van der Waals surface area contributed by atoms with E-state index in [1.54, 1.807) is 0 Å². The SMILES string of the molecule is CCO[Si](C)(OCC)P(c1ccccc1)c1ccccc1. The first-order chi connectivity index (χ1) is 10.2. The van der Waals surface area contributed by atoms with Gasteiger partial charge in [0.25, 0.3) is 0 Å². The van der Waals surface area contributed by atoms with Crippen molar-refractivity contribution < 1.29 is 8.85 Å². The molecule has 0 radical (unpaired) electrons. The number of benzene rings is 2. The van der Waals surface area contributed by atoms with Crippen LogP contribution >= 0.6 is 7.47 Å². The lowest BCUT2D eigenvalue weighted by Crippen LogP contribution is -2.43. The van der Waals surface area contributed by atoms with Crippen molar-refractivity contribution in [3.63, 3.8) is 0 Å². The Labute approximate surface area is 130 Å². The fraction of sp³-hybridized carbons (Fsp3) is 0.294. The maximum Gasteiger partial charge on any atom is 0.370 e. The van der Waals surface area contributed by atoms with Crippen LogP contribution in [0.5, 0.6) is 0 Å². The lowest BCUT2D eigenvalue weighted by atomic mass is 10.4. The van der Waals surface area contributed by atoms with Crippen LogP contribution in [0.25, 0.3) is 0 Å². The van der Waals surface area contributed by atoms with Crippen LogP contribution in [0.1, 0.15) is 13.8 Å². The molecule has 0 heterocycles. The summed E-state index contributed by atoms with van der Waals surface area (Å²) >= 11 is 0. The minimum absolute atomic E-state index is 0.614. The van der Waals surface area contributed by atoms with E-state index in [4.69, 9.17) is 8.85 Å². The van der Waals surface area contributed by atoms with Gasteiger partial charge in [0.2, 0.25) is 0 Å². The highest BCUT2D eigenvalue weighted by Crippen LogP contribution is 2.45. The van der Waals surface area contributed by atoms with Gasteiger partial charge in [-0.25, -0.2) is 0 Å². The Morgan fingerprint density at radius 1 is 0.762 bits per heavy atom. The lowest BCUT2D eigenvalue weighted by molar-refractivity contribution is 0.210. The van der Waals surface area contributed by atoms with Gasteiger partial charge in [0.05, 0.1) is 0 Å². The first-order valence-electron chi connectivity index (χ1n) is 7.39. The fourth-order valence-corrected chi connectivity index (χ4v) is 11.3. The summed E-state index contributed by atoms with van der Waals surface area (Å²) in [6.07, 6.45) is 0. The van der Waals surface area contributed by atoms with E-state index >= 15 is 0 Å². The van der Waals surface area contributed by atoms with E-state index < -0.39 is 15.7 Å². The molecular weight excluding hydrogens is 295 g/mol. The maximum absolute atomic E-state index is 6.19. The van der Waals surface area contributed by atoms with Gasteiger partial charge in [-0.15, -0.1) is 0 Å². The monoisotopic (exact) mass is 318 g/mol. The van der Waals surface area contributed by atoms with Crippen molar-refractivity contribution >= 4 is 26.3 Å². The summed E-state index contributed by atoms with van der Waals surface area (Å²) in [6, 6.07) is 21.3. The van der Waals surface area contributed by atoms with Crippen LogP contribution in [-0.4, -0.2) is 21.4 Å². The molecule has 2 nitrogen and oxygen atoms in total. The molecule has 0 bridgehead atoms. The van der Waals surface area contributed by atoms with Gasteiger partial charge in [-0.1, -0.05) is 60.7 Å². The van der Waals surface area contributed by atoms with Crippen molar-refractivity contribution in [2.24, 2.45) is 0 Å². The van der Waals surface area contributed by atoms with Gasteiger partial charge in [0.15, 0.2) is 0 Å². The second-order valence-electron chi connectivity index (χ2n) is 4.77. The summed E-state index contributed by atoms with van der Waals surface area (Å²) in [4.78, 5) is 0. The Morgan fingerprint density at radius 2 is 1.14 bits per heavy atom. The van der Waals surface area contributed by atoms with Crippen molar-refractivity contribution in [2.45, 2.75) is 20.4 Å². The molecule has 2 rings (SSSR count). The molecule has 0 unspecified atom stereocenters. The molecule has 4 heteroatoms. The minimum atomic E-state index is -2.30. The lowest BCUT2D eigenvalue weighted by Gasteiger charge is -2.34. The quantitative estimate of drug-likeness (QED) is 0.572. The van der Waals surface area contributed by atoms with Crippen LogP contribution in [0, 0.1) is 0 Å². The van der Waals surface area contributed by atoms with Gasteiger partial charge in [-0.2, -0.15) is 0 Å². The summed E-state index contributed by atoms with van der Waals surface area (Å²) < 4.78 is 12.4. The smallest absolute Gasteiger partial charge is 0.370 e. The normalized spacial score (nSPS) is 11.8. The van der Waals surface area contributed by atoms with E-state index in [0.717, 1.165) is 0 Å². The topological polar surface area (TPSA) is 18.5 Å². The van der Waals surface area contributed by atoms with E-state index in [1.807, 2.05) is 13.8 Å². The van der Waals surface area contributed by atoms with E-state index in [0.29, 0.717) is 13.2 Å². The standard InChI is InChI=1S/C17H23O2PSi/c1-4-18-21(3,19-5-2)20(16-12-8-6-9-13-16)17-14-10-7-11-15-17/h6-15H,4-5H2,1-3H3. The summed E-state index contributed by atoms with van der Waals surface area (Å²) in [7, 11) is -2.91. The van der Waals surface area contributed by atoms with Gasteiger partial charge >= 0.3 is 8.23 Å². The molecule has 0 saturated heterocycles. The van der Waals surface area contributed by atoms with Crippen LogP contribution in [0.3, 0.4) is 0 Å². The third-order valence-corrected chi connectivity index (χ3v) is 12.1. The molecule has 0 saturated carbocycles. The molecule has 0 aliphatic heterocycles. The number of hydrogen-bond acceptors (Lipinski definition) is 2. The third kappa shape index (κ3) is 4.01. The number of hydrogen-bond donors (Lipinski definition) is 0. The van der Waals surface area contributed by atoms with E-state index in [1.165, 1.54) is 10.6 Å². The molecule has 0 atom stereocenters. The second-order valence-corrected chi connectivity index (χ2v) is 12.6. The third-order valence-electron chi connectivity index (χ3n) is 3.26. The van der Waals surface area contributed by atoms with Crippen molar-refractivity contribution in [3.05, 3.63) is 60.7 Å². The molecule has 0 fully saturated rings. The molecule has 0 spiro atoms. The Kier molecular flexibility index (Phi) is 6.13. The Hall–Kier alpha value is -0.993. The Balaban J connectivity index is 2.49. The van der Waals surface area contributed by atoms with Gasteiger partial charge in [-0.05, 0) is 31.0 Å². The average molecular weight is 318 g/mol. The zero-order chi connectivity index (χ0) is 15.1. The minimum Gasteiger partial charge on any atom is -0.391 e. The molecule has 2 aromatic rings. The zero-order valence-electron chi connectivity index (χ0n) is 13.0. The molecular formula is C17H23O2PSi. The van der Waals surface area contributed by atoms with E-state index in [9.17, 15) is 0 Å².